The van der Waals surface area contributed by atoms with E-state index in [-0.39, 0.29) is 0 Å². The zero-order valence-corrected chi connectivity index (χ0v) is 13.1. The van der Waals surface area contributed by atoms with Crippen LogP contribution in [0.15, 0.2) is 24.3 Å². The molecule has 0 aliphatic rings. The van der Waals surface area contributed by atoms with E-state index in [2.05, 4.69) is 13.0 Å². The minimum absolute atomic E-state index is 0.316. The van der Waals surface area contributed by atoms with Crippen molar-refractivity contribution in [1.82, 2.24) is 0 Å². The molecule has 3 heteroatoms. The van der Waals surface area contributed by atoms with E-state index in [1.54, 1.807) is 0 Å². The van der Waals surface area contributed by atoms with Crippen molar-refractivity contribution in [2.75, 3.05) is 6.61 Å². The summed E-state index contributed by atoms with van der Waals surface area (Å²) in [7, 11) is 0. The van der Waals surface area contributed by atoms with Crippen LogP contribution < -0.4 is 4.74 Å². The SMILES string of the molecule is Cc1ccccc1OCCCCCCCCCCC(=O)O. The van der Waals surface area contributed by atoms with Crippen molar-refractivity contribution in [1.29, 1.82) is 0 Å². The largest absolute Gasteiger partial charge is 0.493 e. The molecule has 1 rings (SSSR count). The molecule has 0 spiro atoms. The van der Waals surface area contributed by atoms with E-state index in [9.17, 15) is 4.79 Å². The number of carboxylic acid groups (broad SMARTS) is 1. The van der Waals surface area contributed by atoms with Gasteiger partial charge in [0, 0.05) is 6.42 Å². The van der Waals surface area contributed by atoms with Gasteiger partial charge in [0.05, 0.1) is 6.61 Å². The van der Waals surface area contributed by atoms with Gasteiger partial charge in [-0.05, 0) is 31.4 Å². The van der Waals surface area contributed by atoms with Gasteiger partial charge in [0.2, 0.25) is 0 Å². The van der Waals surface area contributed by atoms with E-state index in [1.807, 2.05) is 18.2 Å². The van der Waals surface area contributed by atoms with Crippen LogP contribution in [0.4, 0.5) is 0 Å². The van der Waals surface area contributed by atoms with E-state index in [0.29, 0.717) is 6.42 Å². The topological polar surface area (TPSA) is 46.5 Å². The second kappa shape index (κ2) is 11.2. The van der Waals surface area contributed by atoms with Crippen LogP contribution in [0, 0.1) is 6.92 Å². The normalized spacial score (nSPS) is 10.5. The Morgan fingerprint density at radius 2 is 1.52 bits per heavy atom. The Bertz CT molecular complexity index is 401. The highest BCUT2D eigenvalue weighted by atomic mass is 16.5. The molecule has 1 N–H and O–H groups in total. The molecule has 3 nitrogen and oxygen atoms in total. The molecule has 1 aromatic rings. The van der Waals surface area contributed by atoms with Crippen molar-refractivity contribution in [2.24, 2.45) is 0 Å². The minimum atomic E-state index is -0.677. The van der Waals surface area contributed by atoms with Gasteiger partial charge in [-0.3, -0.25) is 4.79 Å². The van der Waals surface area contributed by atoms with Crippen LogP contribution in [-0.2, 0) is 4.79 Å². The van der Waals surface area contributed by atoms with Crippen molar-refractivity contribution in [2.45, 2.75) is 64.7 Å². The van der Waals surface area contributed by atoms with Crippen molar-refractivity contribution in [3.8, 4) is 5.75 Å². The predicted octanol–water partition coefficient (Wildman–Crippen LogP) is 4.97. The zero-order chi connectivity index (χ0) is 15.3. The van der Waals surface area contributed by atoms with Gasteiger partial charge >= 0.3 is 5.97 Å². The molecule has 0 aliphatic heterocycles. The van der Waals surface area contributed by atoms with Crippen LogP contribution in [0.2, 0.25) is 0 Å². The smallest absolute Gasteiger partial charge is 0.303 e. The number of aryl methyl sites for hydroxylation is 1. The Labute approximate surface area is 128 Å². The number of hydrogen-bond donors (Lipinski definition) is 1. The summed E-state index contributed by atoms with van der Waals surface area (Å²) in [4.78, 5) is 10.3. The Kier molecular flexibility index (Phi) is 9.34. The van der Waals surface area contributed by atoms with Gasteiger partial charge in [-0.25, -0.2) is 0 Å². The minimum Gasteiger partial charge on any atom is -0.493 e. The molecule has 0 saturated heterocycles. The first-order chi connectivity index (χ1) is 10.2. The molecular formula is C18H28O3. The maximum atomic E-state index is 10.3. The van der Waals surface area contributed by atoms with E-state index in [4.69, 9.17) is 9.84 Å². The molecule has 0 fully saturated rings. The first-order valence-corrected chi connectivity index (χ1v) is 8.10. The lowest BCUT2D eigenvalue weighted by atomic mass is 10.1. The Morgan fingerprint density at radius 3 is 2.14 bits per heavy atom. The van der Waals surface area contributed by atoms with Crippen LogP contribution >= 0.6 is 0 Å². The molecule has 118 valence electrons. The Morgan fingerprint density at radius 1 is 0.952 bits per heavy atom. The van der Waals surface area contributed by atoms with E-state index >= 15 is 0 Å². The van der Waals surface area contributed by atoms with Gasteiger partial charge in [-0.2, -0.15) is 0 Å². The third kappa shape index (κ3) is 9.11. The second-order valence-electron chi connectivity index (χ2n) is 5.59. The van der Waals surface area contributed by atoms with E-state index < -0.39 is 5.97 Å². The highest BCUT2D eigenvalue weighted by Crippen LogP contribution is 2.17. The summed E-state index contributed by atoms with van der Waals surface area (Å²) in [5, 5.41) is 8.52. The van der Waals surface area contributed by atoms with Gasteiger partial charge in [0.1, 0.15) is 5.75 Å². The Hall–Kier alpha value is -1.51. The number of para-hydroxylation sites is 1. The second-order valence-corrected chi connectivity index (χ2v) is 5.59. The fraction of sp³-hybridized carbons (Fsp3) is 0.611. The van der Waals surface area contributed by atoms with Crippen LogP contribution in [-0.4, -0.2) is 17.7 Å². The molecule has 0 radical (unpaired) electrons. The molecular weight excluding hydrogens is 264 g/mol. The maximum Gasteiger partial charge on any atom is 0.303 e. The van der Waals surface area contributed by atoms with E-state index in [0.717, 1.165) is 38.0 Å². The first-order valence-electron chi connectivity index (χ1n) is 8.10. The first kappa shape index (κ1) is 17.5. The number of unbranched alkanes of at least 4 members (excludes halogenated alkanes) is 7. The van der Waals surface area contributed by atoms with E-state index in [1.165, 1.54) is 31.2 Å². The number of ether oxygens (including phenoxy) is 1. The summed E-state index contributed by atoms with van der Waals surface area (Å²) in [5.41, 5.74) is 1.19. The number of carbonyl (C=O) groups is 1. The number of benzene rings is 1. The molecule has 0 aliphatic carbocycles. The van der Waals surface area contributed by atoms with Gasteiger partial charge in [0.15, 0.2) is 0 Å². The summed E-state index contributed by atoms with van der Waals surface area (Å²) in [6.07, 6.45) is 9.37. The third-order valence-corrected chi connectivity index (χ3v) is 3.64. The molecule has 1 aromatic carbocycles. The van der Waals surface area contributed by atoms with Gasteiger partial charge < -0.3 is 9.84 Å². The molecule has 0 amide bonds. The lowest BCUT2D eigenvalue weighted by molar-refractivity contribution is -0.137. The zero-order valence-electron chi connectivity index (χ0n) is 13.1. The summed E-state index contributed by atoms with van der Waals surface area (Å²) in [6.45, 7) is 2.86. The highest BCUT2D eigenvalue weighted by Gasteiger charge is 1.98. The van der Waals surface area contributed by atoms with Crippen molar-refractivity contribution in [3.63, 3.8) is 0 Å². The molecule has 0 heterocycles. The van der Waals surface area contributed by atoms with Crippen LogP contribution in [0.3, 0.4) is 0 Å². The molecule has 0 atom stereocenters. The third-order valence-electron chi connectivity index (χ3n) is 3.64. The lowest BCUT2D eigenvalue weighted by Gasteiger charge is -2.08. The van der Waals surface area contributed by atoms with Gasteiger partial charge in [0.25, 0.3) is 0 Å². The molecule has 21 heavy (non-hydrogen) atoms. The quantitative estimate of drug-likeness (QED) is 0.553. The van der Waals surface area contributed by atoms with Crippen LogP contribution in [0.25, 0.3) is 0 Å². The van der Waals surface area contributed by atoms with Gasteiger partial charge in [-0.15, -0.1) is 0 Å². The summed E-state index contributed by atoms with van der Waals surface area (Å²) in [5.74, 6) is 0.319. The fourth-order valence-electron chi connectivity index (χ4n) is 2.34. The molecule has 0 bridgehead atoms. The van der Waals surface area contributed by atoms with Crippen molar-refractivity contribution >= 4 is 5.97 Å². The Balaban J connectivity index is 1.87. The number of carboxylic acids is 1. The van der Waals surface area contributed by atoms with Crippen molar-refractivity contribution in [3.05, 3.63) is 29.8 Å². The number of aliphatic carboxylic acids is 1. The van der Waals surface area contributed by atoms with Crippen LogP contribution in [0.1, 0.15) is 63.4 Å². The number of hydrogen-bond acceptors (Lipinski definition) is 2. The average Bonchev–Trinajstić information content (AvgIpc) is 2.46. The fourth-order valence-corrected chi connectivity index (χ4v) is 2.34. The monoisotopic (exact) mass is 292 g/mol. The standard InChI is InChI=1S/C18H28O3/c1-16-12-9-10-13-17(16)21-15-11-7-5-3-2-4-6-8-14-18(19)20/h9-10,12-13H,2-8,11,14-15H2,1H3,(H,19,20). The molecule has 0 unspecified atom stereocenters. The van der Waals surface area contributed by atoms with Crippen LogP contribution in [0.5, 0.6) is 5.75 Å². The predicted molar refractivity (Wildman–Crippen MR) is 85.9 cm³/mol. The summed E-state index contributed by atoms with van der Waals surface area (Å²) in [6, 6.07) is 8.12. The summed E-state index contributed by atoms with van der Waals surface area (Å²) < 4.78 is 5.76. The lowest BCUT2D eigenvalue weighted by Crippen LogP contribution is -1.98. The average molecular weight is 292 g/mol. The summed E-state index contributed by atoms with van der Waals surface area (Å²) >= 11 is 0. The maximum absolute atomic E-state index is 10.3. The van der Waals surface area contributed by atoms with Gasteiger partial charge in [-0.1, -0.05) is 56.7 Å². The number of rotatable bonds is 12. The highest BCUT2D eigenvalue weighted by molar-refractivity contribution is 5.66. The molecule has 0 aromatic heterocycles. The van der Waals surface area contributed by atoms with Crippen molar-refractivity contribution < 1.29 is 14.6 Å². The molecule has 0 saturated carbocycles.